The van der Waals surface area contributed by atoms with Crippen LogP contribution in [0.4, 0.5) is 10.5 Å². The van der Waals surface area contributed by atoms with Crippen molar-refractivity contribution in [3.63, 3.8) is 0 Å². The normalized spacial score (nSPS) is 16.2. The third-order valence-corrected chi connectivity index (χ3v) is 5.84. The van der Waals surface area contributed by atoms with Gasteiger partial charge < -0.3 is 24.6 Å². The van der Waals surface area contributed by atoms with E-state index in [1.165, 1.54) is 4.90 Å². The molecule has 2 amide bonds. The van der Waals surface area contributed by atoms with E-state index in [0.717, 1.165) is 35.6 Å². The molecule has 1 fully saturated rings. The van der Waals surface area contributed by atoms with Crippen LogP contribution >= 0.6 is 0 Å². The Balaban J connectivity index is 1.43. The fraction of sp³-hybridized carbons (Fsp3) is 0.440. The maximum Gasteiger partial charge on any atom is 0.316 e. The number of hydrogen-bond donors (Lipinski definition) is 1. The number of amides is 2. The molecule has 1 saturated heterocycles. The average molecular weight is 480 g/mol. The van der Waals surface area contributed by atoms with Gasteiger partial charge in [-0.25, -0.2) is 14.8 Å². The van der Waals surface area contributed by atoms with Gasteiger partial charge in [0.1, 0.15) is 12.7 Å². The number of aromatic nitrogens is 3. The zero-order valence-electron chi connectivity index (χ0n) is 20.8. The van der Waals surface area contributed by atoms with Crippen LogP contribution in [-0.2, 0) is 4.74 Å². The molecule has 0 aliphatic carbocycles. The van der Waals surface area contributed by atoms with E-state index in [-0.39, 0.29) is 12.1 Å². The number of urea groups is 1. The largest absolute Gasteiger partial charge is 0.473 e. The van der Waals surface area contributed by atoms with E-state index in [4.69, 9.17) is 14.5 Å². The van der Waals surface area contributed by atoms with Crippen LogP contribution in [0, 0.1) is 0 Å². The lowest BCUT2D eigenvalue weighted by Crippen LogP contribution is -2.48. The smallest absolute Gasteiger partial charge is 0.316 e. The molecule has 0 bridgehead atoms. The first-order valence-electron chi connectivity index (χ1n) is 11.7. The fourth-order valence-corrected chi connectivity index (χ4v) is 3.86. The van der Waals surface area contributed by atoms with Gasteiger partial charge in [0.2, 0.25) is 5.88 Å². The molecule has 3 heterocycles. The Hall–Kier alpha value is -3.50. The number of nitrogens with one attached hydrogen (secondary N) is 1. The van der Waals surface area contributed by atoms with Crippen LogP contribution in [0.5, 0.6) is 5.88 Å². The monoisotopic (exact) mass is 479 g/mol. The predicted molar refractivity (Wildman–Crippen MR) is 136 cm³/mol. The standard InChI is InChI=1S/C25H33N7O3/c1-30(2)19-7-5-18(6-8-19)21-15-22-23(27-10-9-26-22)24(29-21)35-17-20-16-32(13-14-34-20)12-11-28-25(33)31(3)4/h5-10,15,20H,11-14,16-17H2,1-4H3,(H,28,33)/t20-/m0/s1. The number of morpholine rings is 1. The Morgan fingerprint density at radius 3 is 2.69 bits per heavy atom. The summed E-state index contributed by atoms with van der Waals surface area (Å²) in [7, 11) is 7.49. The molecule has 1 aromatic carbocycles. The van der Waals surface area contributed by atoms with E-state index in [1.54, 1.807) is 26.5 Å². The highest BCUT2D eigenvalue weighted by atomic mass is 16.5. The zero-order chi connectivity index (χ0) is 24.8. The minimum absolute atomic E-state index is 0.0894. The first-order valence-corrected chi connectivity index (χ1v) is 11.7. The molecule has 186 valence electrons. The molecule has 1 aliphatic rings. The predicted octanol–water partition coefficient (Wildman–Crippen LogP) is 2.11. The lowest BCUT2D eigenvalue weighted by atomic mass is 10.1. The third kappa shape index (κ3) is 6.34. The Bertz CT molecular complexity index is 1140. The van der Waals surface area contributed by atoms with Gasteiger partial charge in [-0.3, -0.25) is 9.88 Å². The van der Waals surface area contributed by atoms with Crippen molar-refractivity contribution >= 4 is 22.8 Å². The first-order chi connectivity index (χ1) is 16.9. The number of benzene rings is 1. The molecule has 0 saturated carbocycles. The molecule has 2 aromatic heterocycles. The summed E-state index contributed by atoms with van der Waals surface area (Å²) in [4.78, 5) is 31.3. The highest BCUT2D eigenvalue weighted by molar-refractivity contribution is 5.83. The van der Waals surface area contributed by atoms with Gasteiger partial charge in [-0.2, -0.15) is 0 Å². The van der Waals surface area contributed by atoms with Crippen LogP contribution in [0.15, 0.2) is 42.7 Å². The molecule has 10 heteroatoms. The zero-order valence-corrected chi connectivity index (χ0v) is 20.8. The fourth-order valence-electron chi connectivity index (χ4n) is 3.86. The minimum Gasteiger partial charge on any atom is -0.473 e. The van der Waals surface area contributed by atoms with Gasteiger partial charge in [0.15, 0.2) is 5.52 Å². The summed E-state index contributed by atoms with van der Waals surface area (Å²) in [5.41, 5.74) is 4.23. The molecule has 3 aromatic rings. The molecular weight excluding hydrogens is 446 g/mol. The molecule has 10 nitrogen and oxygen atoms in total. The van der Waals surface area contributed by atoms with Crippen LogP contribution in [0.3, 0.4) is 0 Å². The molecule has 0 unspecified atom stereocenters. The van der Waals surface area contributed by atoms with Gasteiger partial charge in [0, 0.05) is 78.0 Å². The molecule has 1 atom stereocenters. The summed E-state index contributed by atoms with van der Waals surface area (Å²) in [5.74, 6) is 0.446. The molecule has 35 heavy (non-hydrogen) atoms. The summed E-state index contributed by atoms with van der Waals surface area (Å²) in [5, 5.41) is 2.90. The van der Waals surface area contributed by atoms with Crippen molar-refractivity contribution in [2.24, 2.45) is 0 Å². The first kappa shape index (κ1) is 24.6. The van der Waals surface area contributed by atoms with Crippen LogP contribution < -0.4 is 15.0 Å². The second-order valence-corrected chi connectivity index (χ2v) is 8.91. The molecule has 0 spiro atoms. The quantitative estimate of drug-likeness (QED) is 0.525. The number of nitrogens with zero attached hydrogens (tertiary/aromatic N) is 6. The Morgan fingerprint density at radius 1 is 1.17 bits per heavy atom. The van der Waals surface area contributed by atoms with Crippen molar-refractivity contribution in [3.05, 3.63) is 42.7 Å². The van der Waals surface area contributed by atoms with E-state index in [2.05, 4.69) is 37.2 Å². The van der Waals surface area contributed by atoms with Gasteiger partial charge >= 0.3 is 6.03 Å². The number of rotatable bonds is 8. The lowest BCUT2D eigenvalue weighted by Gasteiger charge is -2.32. The van der Waals surface area contributed by atoms with E-state index in [1.807, 2.05) is 32.3 Å². The number of carbonyl (C=O) groups is 1. The summed E-state index contributed by atoms with van der Waals surface area (Å²) >= 11 is 0. The molecular formula is C25H33N7O3. The number of pyridine rings is 1. The number of carbonyl (C=O) groups excluding carboxylic acids is 1. The van der Waals surface area contributed by atoms with Crippen molar-refractivity contribution in [1.82, 2.24) is 30.1 Å². The molecule has 4 rings (SSSR count). The maximum absolute atomic E-state index is 11.7. The summed E-state index contributed by atoms with van der Waals surface area (Å²) in [6.07, 6.45) is 3.20. The lowest BCUT2D eigenvalue weighted by molar-refractivity contribution is -0.0477. The molecule has 1 aliphatic heterocycles. The maximum atomic E-state index is 11.7. The number of hydrogen-bond acceptors (Lipinski definition) is 8. The Morgan fingerprint density at radius 2 is 1.94 bits per heavy atom. The van der Waals surface area contributed by atoms with Crippen molar-refractivity contribution in [2.45, 2.75) is 6.10 Å². The highest BCUT2D eigenvalue weighted by Crippen LogP contribution is 2.28. The minimum atomic E-state index is -0.107. The van der Waals surface area contributed by atoms with E-state index < -0.39 is 0 Å². The highest BCUT2D eigenvalue weighted by Gasteiger charge is 2.22. The van der Waals surface area contributed by atoms with Crippen LogP contribution in [0.1, 0.15) is 0 Å². The third-order valence-electron chi connectivity index (χ3n) is 5.84. The molecule has 0 radical (unpaired) electrons. The Kier molecular flexibility index (Phi) is 7.94. The van der Waals surface area contributed by atoms with Gasteiger partial charge in [0.05, 0.1) is 17.8 Å². The van der Waals surface area contributed by atoms with E-state index in [0.29, 0.717) is 37.7 Å². The second-order valence-electron chi connectivity index (χ2n) is 8.91. The summed E-state index contributed by atoms with van der Waals surface area (Å²) in [6.45, 7) is 3.84. The van der Waals surface area contributed by atoms with Crippen molar-refractivity contribution in [2.75, 3.05) is 72.5 Å². The van der Waals surface area contributed by atoms with Crippen LogP contribution in [0.25, 0.3) is 22.3 Å². The van der Waals surface area contributed by atoms with Gasteiger partial charge in [-0.15, -0.1) is 0 Å². The van der Waals surface area contributed by atoms with E-state index in [9.17, 15) is 4.79 Å². The number of anilines is 1. The Labute approximate surface area is 205 Å². The number of fused-ring (bicyclic) bond motifs is 1. The summed E-state index contributed by atoms with van der Waals surface area (Å²) < 4.78 is 12.1. The van der Waals surface area contributed by atoms with Crippen molar-refractivity contribution in [3.8, 4) is 17.1 Å². The van der Waals surface area contributed by atoms with Gasteiger partial charge in [-0.05, 0) is 18.2 Å². The SMILES string of the molecule is CN(C)C(=O)NCCN1CCO[C@H](COc2nc(-c3ccc(N(C)C)cc3)cc3nccnc23)C1. The molecule has 1 N–H and O–H groups in total. The topological polar surface area (TPSA) is 96.0 Å². The average Bonchev–Trinajstić information content (AvgIpc) is 2.87. The van der Waals surface area contributed by atoms with Crippen molar-refractivity contribution < 1.29 is 14.3 Å². The van der Waals surface area contributed by atoms with Gasteiger partial charge in [-0.1, -0.05) is 12.1 Å². The van der Waals surface area contributed by atoms with Gasteiger partial charge in [0.25, 0.3) is 0 Å². The second kappa shape index (κ2) is 11.3. The van der Waals surface area contributed by atoms with Crippen LogP contribution in [0.2, 0.25) is 0 Å². The summed E-state index contributed by atoms with van der Waals surface area (Å²) in [6, 6.07) is 10.0. The van der Waals surface area contributed by atoms with Crippen molar-refractivity contribution in [1.29, 1.82) is 0 Å². The van der Waals surface area contributed by atoms with E-state index >= 15 is 0 Å². The number of ether oxygens (including phenoxy) is 2. The van der Waals surface area contributed by atoms with Crippen LogP contribution in [-0.4, -0.2) is 104 Å².